The summed E-state index contributed by atoms with van der Waals surface area (Å²) in [6, 6.07) is 17.8. The molecule has 3 aromatic carbocycles. The highest BCUT2D eigenvalue weighted by atomic mass is 35.5. The van der Waals surface area contributed by atoms with Crippen LogP contribution in [-0.4, -0.2) is 71.9 Å². The number of amides is 2. The molecule has 306 valence electrons. The van der Waals surface area contributed by atoms with Crippen molar-refractivity contribution in [1.82, 2.24) is 39.4 Å². The van der Waals surface area contributed by atoms with Crippen LogP contribution in [0.1, 0.15) is 64.8 Å². The smallest absolute Gasteiger partial charge is 0.253 e. The van der Waals surface area contributed by atoms with Crippen molar-refractivity contribution in [3.8, 4) is 22.5 Å². The fraction of sp³-hybridized carbons (Fsp3) is 0.273. The molecule has 13 nitrogen and oxygen atoms in total. The van der Waals surface area contributed by atoms with E-state index in [-0.39, 0.29) is 29.8 Å². The Bertz CT molecular complexity index is 2710. The van der Waals surface area contributed by atoms with Gasteiger partial charge in [0.2, 0.25) is 0 Å². The lowest BCUT2D eigenvalue weighted by Gasteiger charge is -2.12. The number of carbonyl (C=O) groups is 2. The molecule has 16 heteroatoms. The van der Waals surface area contributed by atoms with Gasteiger partial charge in [-0.3, -0.25) is 18.4 Å². The quantitative estimate of drug-likeness (QED) is 0.0954. The second kappa shape index (κ2) is 17.3. The van der Waals surface area contributed by atoms with E-state index in [1.165, 1.54) is 12.1 Å². The molecule has 1 aliphatic heterocycles. The van der Waals surface area contributed by atoms with Crippen molar-refractivity contribution in [2.75, 3.05) is 23.8 Å². The minimum atomic E-state index is -0.278. The summed E-state index contributed by atoms with van der Waals surface area (Å²) in [6.07, 6.45) is 17.1. The molecular formula is C44H41Cl2FN10O3. The molecule has 2 aliphatic carbocycles. The summed E-state index contributed by atoms with van der Waals surface area (Å²) in [7, 11) is 0. The standard InChI is InChI=1S/C23H19ClFN5O.C21H22ClN5O2/c24-19-11-15(4-7-18(19)23(31)29-17-5-6-17)20-13-28-22-21(26-8-9-30(20)22)27-12-14-2-1-3-16(25)10-14;22-17-10-13(3-6-16(17)21(28)26-14-4-5-14)18-12-25-20-19(23-7-8-27(18)20)24-11-15-2-1-9-29-15/h1-4,7-11,13,17H,5-6,12H2,(H,26,27)(H,29,31);3,6-8,10,12,14-15H,1-2,4-5,9,11H2,(H,23,24)(H,26,28). The molecule has 0 spiro atoms. The van der Waals surface area contributed by atoms with Gasteiger partial charge in [0, 0.05) is 67.7 Å². The molecule has 1 unspecified atom stereocenters. The third-order valence-electron chi connectivity index (χ3n) is 10.6. The van der Waals surface area contributed by atoms with E-state index in [9.17, 15) is 14.0 Å². The largest absolute Gasteiger partial charge is 0.376 e. The zero-order chi connectivity index (χ0) is 41.2. The van der Waals surface area contributed by atoms with Crippen LogP contribution in [0.4, 0.5) is 16.0 Å². The normalized spacial score (nSPS) is 16.0. The Morgan fingerprint density at radius 3 is 1.78 bits per heavy atom. The van der Waals surface area contributed by atoms with Crippen molar-refractivity contribution in [2.45, 2.75) is 63.3 Å². The van der Waals surface area contributed by atoms with E-state index in [1.54, 1.807) is 49.1 Å². The first-order valence-corrected chi connectivity index (χ1v) is 20.7. The molecule has 1 atom stereocenters. The Balaban J connectivity index is 0.000000154. The fourth-order valence-electron chi connectivity index (χ4n) is 7.06. The maximum Gasteiger partial charge on any atom is 0.253 e. The molecule has 0 bridgehead atoms. The highest BCUT2D eigenvalue weighted by molar-refractivity contribution is 6.34. The molecule has 3 fully saturated rings. The van der Waals surface area contributed by atoms with Gasteiger partial charge in [-0.1, -0.05) is 47.5 Å². The SMILES string of the molecule is O=C(NC1CC1)c1ccc(-c2cnc3c(NCC4CCCO4)nccn23)cc1Cl.O=C(NC1CC1)c1ccc(-c2cnc3c(NCc4cccc(F)c4)nccn23)cc1Cl. The molecular weight excluding hydrogens is 806 g/mol. The summed E-state index contributed by atoms with van der Waals surface area (Å²) in [5.74, 6) is 0.766. The number of hydrogen-bond acceptors (Lipinski definition) is 9. The van der Waals surface area contributed by atoms with E-state index in [1.807, 2.05) is 45.5 Å². The Kier molecular flexibility index (Phi) is 11.3. The molecule has 10 rings (SSSR count). The molecule has 2 saturated carbocycles. The van der Waals surface area contributed by atoms with Gasteiger partial charge in [0.05, 0.1) is 51.1 Å². The zero-order valence-corrected chi connectivity index (χ0v) is 33.9. The van der Waals surface area contributed by atoms with Crippen LogP contribution < -0.4 is 21.3 Å². The van der Waals surface area contributed by atoms with Gasteiger partial charge in [0.15, 0.2) is 22.9 Å². The van der Waals surface area contributed by atoms with E-state index in [0.717, 1.165) is 84.7 Å². The second-order valence-electron chi connectivity index (χ2n) is 15.1. The average Bonchev–Trinajstić information content (AvgIpc) is 4.06. The predicted octanol–water partition coefficient (Wildman–Crippen LogP) is 8.23. The van der Waals surface area contributed by atoms with Gasteiger partial charge in [0.1, 0.15) is 5.82 Å². The number of hydrogen-bond donors (Lipinski definition) is 4. The molecule has 4 aromatic heterocycles. The van der Waals surface area contributed by atoms with E-state index >= 15 is 0 Å². The summed E-state index contributed by atoms with van der Waals surface area (Å²) in [6.45, 7) is 1.96. The summed E-state index contributed by atoms with van der Waals surface area (Å²) in [4.78, 5) is 42.5. The molecule has 3 aliphatic rings. The van der Waals surface area contributed by atoms with Gasteiger partial charge >= 0.3 is 0 Å². The summed E-state index contributed by atoms with van der Waals surface area (Å²) < 4.78 is 23.0. The van der Waals surface area contributed by atoms with E-state index < -0.39 is 0 Å². The predicted molar refractivity (Wildman–Crippen MR) is 229 cm³/mol. The number of nitrogens with one attached hydrogen (secondary N) is 4. The molecule has 7 aromatic rings. The number of anilines is 2. The zero-order valence-electron chi connectivity index (χ0n) is 32.4. The molecule has 60 heavy (non-hydrogen) atoms. The minimum absolute atomic E-state index is 0.119. The van der Waals surface area contributed by atoms with Crippen LogP contribution in [0.25, 0.3) is 33.8 Å². The van der Waals surface area contributed by atoms with Gasteiger partial charge in [0.25, 0.3) is 11.8 Å². The first-order valence-electron chi connectivity index (χ1n) is 20.0. The number of benzene rings is 3. The van der Waals surface area contributed by atoms with Crippen LogP contribution in [0.15, 0.2) is 97.8 Å². The van der Waals surface area contributed by atoms with Crippen LogP contribution in [0.5, 0.6) is 0 Å². The van der Waals surface area contributed by atoms with E-state index in [0.29, 0.717) is 51.8 Å². The third-order valence-corrected chi connectivity index (χ3v) is 11.2. The Morgan fingerprint density at radius 1 is 0.717 bits per heavy atom. The van der Waals surface area contributed by atoms with Gasteiger partial charge in [-0.25, -0.2) is 24.3 Å². The number of halogens is 3. The minimum Gasteiger partial charge on any atom is -0.376 e. The number of nitrogens with zero attached hydrogens (tertiary/aromatic N) is 6. The van der Waals surface area contributed by atoms with Crippen molar-refractivity contribution in [3.05, 3.63) is 130 Å². The number of carbonyl (C=O) groups excluding carboxylic acids is 2. The summed E-state index contributed by atoms with van der Waals surface area (Å²) >= 11 is 12.8. The lowest BCUT2D eigenvalue weighted by molar-refractivity contribution is 0.0942. The maximum atomic E-state index is 13.4. The second-order valence-corrected chi connectivity index (χ2v) is 15.9. The number of ether oxygens (including phenoxy) is 1. The highest BCUT2D eigenvalue weighted by Gasteiger charge is 2.26. The lowest BCUT2D eigenvalue weighted by Crippen LogP contribution is -2.25. The Morgan fingerprint density at radius 2 is 1.28 bits per heavy atom. The van der Waals surface area contributed by atoms with Crippen molar-refractivity contribution < 1.29 is 18.7 Å². The van der Waals surface area contributed by atoms with Crippen molar-refractivity contribution in [1.29, 1.82) is 0 Å². The Hall–Kier alpha value is -6.09. The third kappa shape index (κ3) is 8.91. The molecule has 2 amide bonds. The van der Waals surface area contributed by atoms with Gasteiger partial charge in [-0.15, -0.1) is 0 Å². The van der Waals surface area contributed by atoms with E-state index in [4.69, 9.17) is 27.9 Å². The number of fused-ring (bicyclic) bond motifs is 2. The molecule has 1 saturated heterocycles. The van der Waals surface area contributed by atoms with Crippen LogP contribution in [0.2, 0.25) is 10.0 Å². The molecule has 5 heterocycles. The number of imidazole rings is 2. The summed E-state index contributed by atoms with van der Waals surface area (Å²) in [5, 5.41) is 13.3. The number of aromatic nitrogens is 6. The summed E-state index contributed by atoms with van der Waals surface area (Å²) in [5.41, 5.74) is 6.59. The van der Waals surface area contributed by atoms with Crippen LogP contribution in [-0.2, 0) is 11.3 Å². The van der Waals surface area contributed by atoms with Crippen LogP contribution in [0.3, 0.4) is 0 Å². The van der Waals surface area contributed by atoms with Gasteiger partial charge in [-0.05, 0) is 80.5 Å². The highest BCUT2D eigenvalue weighted by Crippen LogP contribution is 2.31. The first kappa shape index (κ1) is 39.4. The lowest BCUT2D eigenvalue weighted by atomic mass is 10.1. The average molecular weight is 848 g/mol. The monoisotopic (exact) mass is 846 g/mol. The first-order chi connectivity index (χ1) is 29.3. The van der Waals surface area contributed by atoms with Crippen molar-refractivity contribution >= 4 is 57.9 Å². The molecule has 4 N–H and O–H groups in total. The van der Waals surface area contributed by atoms with Crippen molar-refractivity contribution in [3.63, 3.8) is 0 Å². The maximum absolute atomic E-state index is 13.4. The Labute approximate surface area is 354 Å². The van der Waals surface area contributed by atoms with Crippen molar-refractivity contribution in [2.24, 2.45) is 0 Å². The van der Waals surface area contributed by atoms with Crippen LogP contribution >= 0.6 is 23.2 Å². The van der Waals surface area contributed by atoms with Gasteiger partial charge < -0.3 is 26.0 Å². The fourth-order valence-corrected chi connectivity index (χ4v) is 7.60. The topological polar surface area (TPSA) is 152 Å². The number of rotatable bonds is 12. The molecule has 0 radical (unpaired) electrons. The van der Waals surface area contributed by atoms with E-state index in [2.05, 4.69) is 41.2 Å². The van der Waals surface area contributed by atoms with Gasteiger partial charge in [-0.2, -0.15) is 0 Å². The van der Waals surface area contributed by atoms with Crippen LogP contribution in [0, 0.1) is 5.82 Å².